The lowest BCUT2D eigenvalue weighted by Gasteiger charge is -2.18. The van der Waals surface area contributed by atoms with Gasteiger partial charge in [0, 0.05) is 19.3 Å². The zero-order valence-corrected chi connectivity index (χ0v) is 45.5. The third kappa shape index (κ3) is 50.3. The summed E-state index contributed by atoms with van der Waals surface area (Å²) in [5.41, 5.74) is 0. The molecule has 0 fully saturated rings. The van der Waals surface area contributed by atoms with Crippen LogP contribution in [0.3, 0.4) is 0 Å². The topological polar surface area (TPSA) is 78.9 Å². The molecule has 0 amide bonds. The van der Waals surface area contributed by atoms with Gasteiger partial charge in [0.15, 0.2) is 6.10 Å². The predicted molar refractivity (Wildman–Crippen MR) is 284 cm³/mol. The van der Waals surface area contributed by atoms with Crippen molar-refractivity contribution in [1.29, 1.82) is 0 Å². The number of ether oxygens (including phenoxy) is 3. The molecule has 0 aliphatic heterocycles. The van der Waals surface area contributed by atoms with Crippen molar-refractivity contribution in [2.24, 2.45) is 17.8 Å². The molecule has 2 unspecified atom stereocenters. The molecular formula is C60H116O6. The molecular weight excluding hydrogens is 817 g/mol. The zero-order chi connectivity index (χ0) is 48.4. The van der Waals surface area contributed by atoms with E-state index in [-0.39, 0.29) is 31.1 Å². The maximum atomic E-state index is 12.9. The van der Waals surface area contributed by atoms with Crippen LogP contribution in [0.15, 0.2) is 0 Å². The number of hydrogen-bond acceptors (Lipinski definition) is 6. The molecule has 392 valence electrons. The summed E-state index contributed by atoms with van der Waals surface area (Å²) in [6.07, 6.45) is 53.8. The first-order valence-corrected chi connectivity index (χ1v) is 29.7. The Balaban J connectivity index is 4.25. The van der Waals surface area contributed by atoms with Gasteiger partial charge in [-0.15, -0.1) is 0 Å². The van der Waals surface area contributed by atoms with Crippen LogP contribution < -0.4 is 0 Å². The van der Waals surface area contributed by atoms with E-state index < -0.39 is 6.10 Å². The quantitative estimate of drug-likeness (QED) is 0.0343. The molecule has 0 saturated heterocycles. The third-order valence-electron chi connectivity index (χ3n) is 14.4. The summed E-state index contributed by atoms with van der Waals surface area (Å²) >= 11 is 0. The van der Waals surface area contributed by atoms with Gasteiger partial charge < -0.3 is 14.2 Å². The Hall–Kier alpha value is -1.59. The van der Waals surface area contributed by atoms with Crippen LogP contribution in [0.25, 0.3) is 0 Å². The maximum Gasteiger partial charge on any atom is 0.306 e. The van der Waals surface area contributed by atoms with E-state index in [1.54, 1.807) is 0 Å². The van der Waals surface area contributed by atoms with Gasteiger partial charge in [-0.3, -0.25) is 14.4 Å². The molecule has 0 aliphatic rings. The molecule has 6 heteroatoms. The lowest BCUT2D eigenvalue weighted by Crippen LogP contribution is -2.30. The molecule has 0 heterocycles. The molecule has 0 aliphatic carbocycles. The number of carbonyl (C=O) groups is 3. The minimum absolute atomic E-state index is 0.0640. The Bertz CT molecular complexity index is 1030. The average Bonchev–Trinajstić information content (AvgIpc) is 3.30. The van der Waals surface area contributed by atoms with Crippen molar-refractivity contribution in [3.63, 3.8) is 0 Å². The number of unbranched alkanes of at least 4 members (excludes halogenated alkanes) is 34. The first-order chi connectivity index (χ1) is 32.2. The second kappa shape index (κ2) is 51.3. The van der Waals surface area contributed by atoms with Crippen molar-refractivity contribution in [3.05, 3.63) is 0 Å². The van der Waals surface area contributed by atoms with Crippen molar-refractivity contribution in [2.45, 2.75) is 337 Å². The van der Waals surface area contributed by atoms with Crippen molar-refractivity contribution < 1.29 is 28.6 Å². The van der Waals surface area contributed by atoms with Gasteiger partial charge in [0.25, 0.3) is 0 Å². The molecule has 66 heavy (non-hydrogen) atoms. The highest BCUT2D eigenvalue weighted by molar-refractivity contribution is 5.71. The highest BCUT2D eigenvalue weighted by atomic mass is 16.6. The first kappa shape index (κ1) is 64.4. The maximum absolute atomic E-state index is 12.9. The van der Waals surface area contributed by atoms with Gasteiger partial charge in [-0.2, -0.15) is 0 Å². The fourth-order valence-corrected chi connectivity index (χ4v) is 9.11. The average molecular weight is 934 g/mol. The normalized spacial score (nSPS) is 13.0. The highest BCUT2D eigenvalue weighted by Gasteiger charge is 2.19. The molecule has 0 bridgehead atoms. The Morgan fingerprint density at radius 1 is 0.303 bits per heavy atom. The van der Waals surface area contributed by atoms with E-state index in [4.69, 9.17) is 14.2 Å². The number of esters is 3. The number of hydrogen-bond donors (Lipinski definition) is 0. The highest BCUT2D eigenvalue weighted by Crippen LogP contribution is 2.19. The van der Waals surface area contributed by atoms with E-state index in [1.807, 2.05) is 0 Å². The largest absolute Gasteiger partial charge is 0.462 e. The number of rotatable bonds is 53. The van der Waals surface area contributed by atoms with Crippen molar-refractivity contribution in [3.8, 4) is 0 Å². The van der Waals surface area contributed by atoms with E-state index in [9.17, 15) is 14.4 Å². The van der Waals surface area contributed by atoms with E-state index in [0.717, 1.165) is 75.5 Å². The van der Waals surface area contributed by atoms with Gasteiger partial charge in [-0.1, -0.05) is 292 Å². The van der Waals surface area contributed by atoms with Crippen LogP contribution in [0.1, 0.15) is 330 Å². The van der Waals surface area contributed by atoms with Crippen molar-refractivity contribution in [2.75, 3.05) is 13.2 Å². The van der Waals surface area contributed by atoms with Crippen LogP contribution in [0.5, 0.6) is 0 Å². The molecule has 0 N–H and O–H groups in total. The summed E-state index contributed by atoms with van der Waals surface area (Å²) in [5.74, 6) is 1.74. The lowest BCUT2D eigenvalue weighted by molar-refractivity contribution is -0.167. The molecule has 0 saturated carbocycles. The van der Waals surface area contributed by atoms with Crippen LogP contribution in [0.2, 0.25) is 0 Å². The van der Waals surface area contributed by atoms with Crippen LogP contribution in [-0.4, -0.2) is 37.2 Å². The molecule has 0 aromatic rings. The molecule has 0 rings (SSSR count). The SMILES string of the molecule is CCC(C)CCCCCCCCCCCCCCCCCCCCC(=O)O[C@@H](COC(=O)CCCCCCCCCCCCCC(C)C)COC(=O)CCCCCCCCCCC(C)CC. The van der Waals surface area contributed by atoms with Crippen LogP contribution in [-0.2, 0) is 28.6 Å². The minimum Gasteiger partial charge on any atom is -0.462 e. The van der Waals surface area contributed by atoms with Gasteiger partial charge in [-0.05, 0) is 37.0 Å². The Morgan fingerprint density at radius 2 is 0.530 bits per heavy atom. The summed E-state index contributed by atoms with van der Waals surface area (Å²) in [6, 6.07) is 0. The Morgan fingerprint density at radius 3 is 0.788 bits per heavy atom. The van der Waals surface area contributed by atoms with E-state index in [0.29, 0.717) is 19.3 Å². The van der Waals surface area contributed by atoms with Crippen molar-refractivity contribution in [1.82, 2.24) is 0 Å². The third-order valence-corrected chi connectivity index (χ3v) is 14.4. The van der Waals surface area contributed by atoms with Crippen molar-refractivity contribution >= 4 is 17.9 Å². The monoisotopic (exact) mass is 933 g/mol. The summed E-state index contributed by atoms with van der Waals surface area (Å²) < 4.78 is 16.9. The summed E-state index contributed by atoms with van der Waals surface area (Å²) in [5, 5.41) is 0. The fraction of sp³-hybridized carbons (Fsp3) is 0.950. The summed E-state index contributed by atoms with van der Waals surface area (Å²) in [4.78, 5) is 38.1. The van der Waals surface area contributed by atoms with Gasteiger partial charge in [0.05, 0.1) is 0 Å². The fourth-order valence-electron chi connectivity index (χ4n) is 9.11. The van der Waals surface area contributed by atoms with Crippen LogP contribution in [0, 0.1) is 17.8 Å². The molecule has 0 spiro atoms. The van der Waals surface area contributed by atoms with E-state index >= 15 is 0 Å². The summed E-state index contributed by atoms with van der Waals surface area (Å²) in [7, 11) is 0. The van der Waals surface area contributed by atoms with Crippen LogP contribution in [0.4, 0.5) is 0 Å². The Labute approximate surface area is 412 Å². The van der Waals surface area contributed by atoms with Gasteiger partial charge in [0.1, 0.15) is 13.2 Å². The minimum atomic E-state index is -0.764. The van der Waals surface area contributed by atoms with E-state index in [1.165, 1.54) is 212 Å². The van der Waals surface area contributed by atoms with Gasteiger partial charge in [0.2, 0.25) is 0 Å². The second-order valence-corrected chi connectivity index (χ2v) is 21.6. The van der Waals surface area contributed by atoms with E-state index in [2.05, 4.69) is 41.5 Å². The second-order valence-electron chi connectivity index (χ2n) is 21.6. The molecule has 6 nitrogen and oxygen atoms in total. The van der Waals surface area contributed by atoms with Crippen LogP contribution >= 0.6 is 0 Å². The molecule has 0 radical (unpaired) electrons. The zero-order valence-electron chi connectivity index (χ0n) is 45.5. The smallest absolute Gasteiger partial charge is 0.306 e. The molecule has 3 atom stereocenters. The Kier molecular flexibility index (Phi) is 50.0. The number of carbonyl (C=O) groups excluding carboxylic acids is 3. The summed E-state index contributed by atoms with van der Waals surface area (Å²) in [6.45, 7) is 13.8. The first-order valence-electron chi connectivity index (χ1n) is 29.7. The molecule has 0 aromatic carbocycles. The van der Waals surface area contributed by atoms with Gasteiger partial charge in [-0.25, -0.2) is 0 Å². The predicted octanol–water partition coefficient (Wildman–Crippen LogP) is 19.5. The lowest BCUT2D eigenvalue weighted by atomic mass is 9.99. The van der Waals surface area contributed by atoms with Gasteiger partial charge >= 0.3 is 17.9 Å². The standard InChI is InChI=1S/C60H116O6/c1-7-55(5)47-41-35-29-23-19-15-13-11-9-10-12-14-16-20-25-33-39-45-51-60(63)66-57(53-65-59(62)50-44-38-32-27-26-30-36-42-48-56(6)8-2)52-64-58(61)49-43-37-31-24-21-17-18-22-28-34-40-46-54(3)4/h54-57H,7-53H2,1-6H3/t55?,56?,57-/m0/s1. The molecule has 0 aromatic heterocycles.